The summed E-state index contributed by atoms with van der Waals surface area (Å²) in [6.07, 6.45) is 7.67. The van der Waals surface area contributed by atoms with Crippen molar-refractivity contribution in [3.8, 4) is 0 Å². The van der Waals surface area contributed by atoms with E-state index in [9.17, 15) is 0 Å². The molecule has 0 N–H and O–H groups in total. The van der Waals surface area contributed by atoms with E-state index in [-0.39, 0.29) is 128 Å². The van der Waals surface area contributed by atoms with E-state index >= 15 is 0 Å². The average molecular weight is 1400 g/mol. The number of methoxy groups -OCH3 is 6. The number of guanidine groups is 3. The normalized spacial score (nSPS) is 12.0. The van der Waals surface area contributed by atoms with Gasteiger partial charge in [0.15, 0.2) is 0 Å². The summed E-state index contributed by atoms with van der Waals surface area (Å²) in [5, 5.41) is 28.4. The van der Waals surface area contributed by atoms with Gasteiger partial charge >= 0.3 is 92.2 Å². The Hall–Kier alpha value is -1.03. The van der Waals surface area contributed by atoms with Crippen LogP contribution in [0.25, 0.3) is 31.9 Å². The molecule has 18 nitrogen and oxygen atoms in total. The number of hydrogen-bond acceptors (Lipinski definition) is 12. The summed E-state index contributed by atoms with van der Waals surface area (Å²) in [6, 6.07) is 23.1. The van der Waals surface area contributed by atoms with Crippen LogP contribution in [0, 0.1) is 35.6 Å². The van der Waals surface area contributed by atoms with Gasteiger partial charge in [0.25, 0.3) is 0 Å². The Balaban J connectivity index is -0.000000175. The third-order valence-electron chi connectivity index (χ3n) is 9.37. The molecular formula is C63H108Cl3LaLi3N9O9. The van der Waals surface area contributed by atoms with Gasteiger partial charge in [0.1, 0.15) is 0 Å². The van der Waals surface area contributed by atoms with E-state index in [4.69, 9.17) is 49.0 Å². The summed E-state index contributed by atoms with van der Waals surface area (Å²) in [4.78, 5) is 13.2. The predicted octanol–water partition coefficient (Wildman–Crippen LogP) is 8.92. The Kier molecular flexibility index (Phi) is 83.8. The van der Waals surface area contributed by atoms with Gasteiger partial charge in [0.05, 0.1) is 39.6 Å². The van der Waals surface area contributed by atoms with Crippen molar-refractivity contribution in [1.29, 1.82) is 0 Å². The van der Waals surface area contributed by atoms with Crippen molar-refractivity contribution in [3.05, 3.63) is 120 Å². The van der Waals surface area contributed by atoms with Crippen LogP contribution in [-0.4, -0.2) is 176 Å². The third-order valence-corrected chi connectivity index (χ3v) is 10.1. The average Bonchev–Trinajstić information content (AvgIpc) is 4.36. The first kappa shape index (κ1) is 101. The molecule has 0 radical (unpaired) electrons. The quantitative estimate of drug-likeness (QED) is 0.0515. The maximum Gasteiger partial charge on any atom is 3.00 e. The molecule has 0 unspecified atom stereocenters. The molecule has 0 bridgehead atoms. The maximum absolute atomic E-state index is 5.82. The Bertz CT molecular complexity index is 1690. The zero-order valence-corrected chi connectivity index (χ0v) is 63.9. The van der Waals surface area contributed by atoms with Crippen LogP contribution in [0.4, 0.5) is 17.1 Å². The fourth-order valence-electron chi connectivity index (χ4n) is 5.58. The molecule has 0 amide bonds. The van der Waals surface area contributed by atoms with Crippen LogP contribution in [0.15, 0.2) is 87.8 Å². The van der Waals surface area contributed by atoms with Gasteiger partial charge in [-0.25, -0.2) is 0 Å². The number of nitrogens with zero attached hydrogens (tertiary/aromatic N) is 9. The van der Waals surface area contributed by atoms with Crippen molar-refractivity contribution in [2.75, 3.05) is 122 Å². The van der Waals surface area contributed by atoms with Gasteiger partial charge < -0.3 is 89.5 Å². The number of benzene rings is 3. The van der Waals surface area contributed by atoms with Crippen LogP contribution in [0.2, 0.25) is 15.1 Å². The second kappa shape index (κ2) is 73.4. The van der Waals surface area contributed by atoms with Crippen LogP contribution in [0.1, 0.15) is 122 Å². The Morgan fingerprint density at radius 2 is 0.477 bits per heavy atom. The molecule has 88 heavy (non-hydrogen) atoms. The number of halogens is 3. The van der Waals surface area contributed by atoms with Crippen molar-refractivity contribution in [2.24, 2.45) is 15.0 Å². The van der Waals surface area contributed by atoms with Crippen LogP contribution in [0.5, 0.6) is 0 Å². The summed E-state index contributed by atoms with van der Waals surface area (Å²) in [5.41, 5.74) is 2.45. The first-order chi connectivity index (χ1) is 40.2. The van der Waals surface area contributed by atoms with E-state index in [1.54, 1.807) is 42.7 Å². The van der Waals surface area contributed by atoms with E-state index in [0.717, 1.165) is 56.7 Å². The summed E-state index contributed by atoms with van der Waals surface area (Å²) < 4.78 is 42.8. The van der Waals surface area contributed by atoms with E-state index < -0.39 is 0 Å². The fraction of sp³-hybridized carbons (Fsp3) is 0.667. The maximum atomic E-state index is 5.82. The molecule has 3 aliphatic heterocycles. The summed E-state index contributed by atoms with van der Waals surface area (Å²) in [6.45, 7) is 34.2. The van der Waals surface area contributed by atoms with Crippen LogP contribution in [0.3, 0.4) is 0 Å². The number of aliphatic imine (C=N–C) groups is 3. The van der Waals surface area contributed by atoms with Crippen molar-refractivity contribution >= 4 is 69.7 Å². The molecule has 0 atom stereocenters. The van der Waals surface area contributed by atoms with Gasteiger partial charge in [-0.15, -0.1) is 0 Å². The molecule has 3 fully saturated rings. The van der Waals surface area contributed by atoms with Crippen molar-refractivity contribution in [2.45, 2.75) is 158 Å². The van der Waals surface area contributed by atoms with E-state index in [2.05, 4.69) is 75.3 Å². The monoisotopic (exact) mass is 1400 g/mol. The van der Waals surface area contributed by atoms with Gasteiger partial charge in [-0.1, -0.05) is 208 Å². The van der Waals surface area contributed by atoms with Crippen molar-refractivity contribution < 1.29 is 135 Å². The molecule has 25 heteroatoms. The van der Waals surface area contributed by atoms with Gasteiger partial charge in [-0.3, -0.25) is 0 Å². The SMILES string of the molecule is C1CCOC1.C1CCOC1.C1CCOC1.CC(C)[N-]C(=Nc1ccc(Cl)cc1)[N-]C(C)C.CC(C)[N-]C(=Nc1ccc(Cl)cc1)[N-]C(C)C.CC(C)[N-]C(=Nc1ccc(Cl)cc1)[N-]C(C)C.COCCOC.COCCOC.COCCOC.[La+3].[Li+].[Li+].[Li+]. The van der Waals surface area contributed by atoms with Gasteiger partial charge in [0, 0.05) is 97.4 Å². The minimum absolute atomic E-state index is 0. The fourth-order valence-corrected chi connectivity index (χ4v) is 5.96. The molecule has 3 aromatic carbocycles. The largest absolute Gasteiger partial charge is 3.00 e. The Labute approximate surface area is 613 Å². The predicted molar refractivity (Wildman–Crippen MR) is 358 cm³/mol. The summed E-state index contributed by atoms with van der Waals surface area (Å²) >= 11 is 17.5. The molecule has 486 valence electrons. The second-order valence-electron chi connectivity index (χ2n) is 19.9. The molecule has 3 saturated heterocycles. The number of rotatable bonds is 18. The summed E-state index contributed by atoms with van der Waals surface area (Å²) in [5.74, 6) is 1.62. The Morgan fingerprint density at radius 1 is 0.330 bits per heavy atom. The minimum Gasteiger partial charge on any atom is -0.550 e. The van der Waals surface area contributed by atoms with Crippen LogP contribution < -0.4 is 56.6 Å². The first-order valence-corrected chi connectivity index (χ1v) is 30.2. The van der Waals surface area contributed by atoms with Crippen molar-refractivity contribution in [3.63, 3.8) is 0 Å². The molecule has 0 aliphatic carbocycles. The minimum atomic E-state index is 0. The third kappa shape index (κ3) is 75.7. The second-order valence-corrected chi connectivity index (χ2v) is 21.2. The Morgan fingerprint density at radius 3 is 0.580 bits per heavy atom. The molecule has 0 aromatic heterocycles. The molecule has 0 saturated carbocycles. The van der Waals surface area contributed by atoms with Crippen LogP contribution in [-0.2, 0) is 42.6 Å². The van der Waals surface area contributed by atoms with E-state index in [1.165, 1.54) is 38.5 Å². The van der Waals surface area contributed by atoms with Gasteiger partial charge in [-0.05, 0) is 74.9 Å². The van der Waals surface area contributed by atoms with Crippen LogP contribution >= 0.6 is 34.8 Å². The molecule has 3 aromatic rings. The van der Waals surface area contributed by atoms with E-state index in [0.29, 0.717) is 72.6 Å². The number of ether oxygens (including phenoxy) is 9. The molecule has 6 rings (SSSR count). The van der Waals surface area contributed by atoms with Crippen molar-refractivity contribution in [1.82, 2.24) is 0 Å². The first-order valence-electron chi connectivity index (χ1n) is 29.1. The molecule has 3 heterocycles. The van der Waals surface area contributed by atoms with E-state index in [1.807, 2.05) is 156 Å². The summed E-state index contributed by atoms with van der Waals surface area (Å²) in [7, 11) is 9.91. The molecule has 3 aliphatic rings. The standard InChI is InChI=1S/3C13H18ClN3.3C4H10O2.3C4H8O.La.3Li/c3*1-9(2)15-13(16-10(3)4)17-12-7-5-11(14)6-8-12;3*1-5-3-4-6-2;3*1-2-4-5-3-1;;;;/h3*5-10H,1-4H3;3*3-4H2,1-2H3;3*1-4H2;;;;/q3*-2;;;;;;;+3;3*+1. The molecule has 0 spiro atoms. The zero-order chi connectivity index (χ0) is 63.6. The van der Waals surface area contributed by atoms with Gasteiger partial charge in [-0.2, -0.15) is 17.9 Å². The number of hydrogen-bond donors (Lipinski definition) is 0. The van der Waals surface area contributed by atoms with Gasteiger partial charge in [0.2, 0.25) is 0 Å². The smallest absolute Gasteiger partial charge is 0.550 e. The molecular weight excluding hydrogens is 1290 g/mol. The topological polar surface area (TPSA) is 205 Å². The zero-order valence-electron chi connectivity index (χ0n) is 58.0.